The summed E-state index contributed by atoms with van der Waals surface area (Å²) in [7, 11) is 0. The molecular weight excluding hydrogens is 372 g/mol. The minimum Gasteiger partial charge on any atom is -0.456 e. The summed E-state index contributed by atoms with van der Waals surface area (Å²) >= 11 is 0. The van der Waals surface area contributed by atoms with Crippen molar-refractivity contribution in [2.45, 2.75) is 19.9 Å². The van der Waals surface area contributed by atoms with Gasteiger partial charge in [0.25, 0.3) is 11.8 Å². The molecule has 29 heavy (non-hydrogen) atoms. The molecule has 1 aliphatic heterocycles. The SMILES string of the molecule is Cc1[nH]c2ccccc2c1C(=O)COC(=O)[C@H](C)N1C(=O)c2ccccc2C1=O. The summed E-state index contributed by atoms with van der Waals surface area (Å²) in [6.07, 6.45) is 0. The summed E-state index contributed by atoms with van der Waals surface area (Å²) < 4.78 is 5.15. The van der Waals surface area contributed by atoms with Crippen molar-refractivity contribution < 1.29 is 23.9 Å². The van der Waals surface area contributed by atoms with E-state index in [0.717, 1.165) is 15.8 Å². The molecule has 0 unspecified atom stereocenters. The summed E-state index contributed by atoms with van der Waals surface area (Å²) in [5.41, 5.74) is 2.46. The first kappa shape index (κ1) is 18.6. The summed E-state index contributed by atoms with van der Waals surface area (Å²) in [5.74, 6) is -2.27. The number of benzene rings is 2. The van der Waals surface area contributed by atoms with Crippen LogP contribution in [-0.4, -0.2) is 46.1 Å². The van der Waals surface area contributed by atoms with Crippen molar-refractivity contribution in [3.05, 3.63) is 70.9 Å². The Morgan fingerprint density at radius 3 is 2.24 bits per heavy atom. The highest BCUT2D eigenvalue weighted by atomic mass is 16.5. The van der Waals surface area contributed by atoms with Crippen LogP contribution in [0.3, 0.4) is 0 Å². The van der Waals surface area contributed by atoms with E-state index in [-0.39, 0.29) is 16.9 Å². The van der Waals surface area contributed by atoms with Gasteiger partial charge >= 0.3 is 5.97 Å². The molecule has 7 nitrogen and oxygen atoms in total. The first-order chi connectivity index (χ1) is 13.9. The van der Waals surface area contributed by atoms with E-state index >= 15 is 0 Å². The average Bonchev–Trinajstić information content (AvgIpc) is 3.19. The fraction of sp³-hybridized carbons (Fsp3) is 0.182. The maximum Gasteiger partial charge on any atom is 0.329 e. The van der Waals surface area contributed by atoms with Gasteiger partial charge < -0.3 is 9.72 Å². The number of imide groups is 1. The molecule has 2 heterocycles. The van der Waals surface area contributed by atoms with Crippen molar-refractivity contribution in [3.8, 4) is 0 Å². The van der Waals surface area contributed by atoms with Crippen LogP contribution in [0, 0.1) is 6.92 Å². The molecule has 0 spiro atoms. The van der Waals surface area contributed by atoms with Gasteiger partial charge in [-0.15, -0.1) is 0 Å². The van der Waals surface area contributed by atoms with Crippen molar-refractivity contribution in [2.75, 3.05) is 6.61 Å². The topological polar surface area (TPSA) is 96.5 Å². The number of aryl methyl sites for hydroxylation is 1. The zero-order valence-corrected chi connectivity index (χ0v) is 15.9. The molecule has 0 fully saturated rings. The summed E-state index contributed by atoms with van der Waals surface area (Å²) in [6, 6.07) is 12.6. The van der Waals surface area contributed by atoms with Crippen LogP contribution >= 0.6 is 0 Å². The molecule has 3 aromatic rings. The molecule has 2 amide bonds. The Bertz CT molecular complexity index is 1140. The third-order valence-corrected chi connectivity index (χ3v) is 5.07. The molecule has 0 saturated carbocycles. The highest BCUT2D eigenvalue weighted by molar-refractivity contribution is 6.22. The number of hydrogen-bond donors (Lipinski definition) is 1. The van der Waals surface area contributed by atoms with Gasteiger partial charge in [-0.1, -0.05) is 30.3 Å². The summed E-state index contributed by atoms with van der Waals surface area (Å²) in [5, 5.41) is 0.749. The smallest absolute Gasteiger partial charge is 0.329 e. The van der Waals surface area contributed by atoms with Crippen molar-refractivity contribution in [1.82, 2.24) is 9.88 Å². The van der Waals surface area contributed by atoms with Gasteiger partial charge in [-0.05, 0) is 32.0 Å². The van der Waals surface area contributed by atoms with Gasteiger partial charge in [-0.25, -0.2) is 4.79 Å². The lowest BCUT2D eigenvalue weighted by molar-refractivity contribution is -0.146. The van der Waals surface area contributed by atoms with Crippen LogP contribution in [0.2, 0.25) is 0 Å². The molecule has 0 radical (unpaired) electrons. The van der Waals surface area contributed by atoms with Crippen molar-refractivity contribution >= 4 is 34.5 Å². The molecule has 1 aromatic heterocycles. The number of fused-ring (bicyclic) bond motifs is 2. The number of aromatic nitrogens is 1. The van der Waals surface area contributed by atoms with Crippen molar-refractivity contribution in [3.63, 3.8) is 0 Å². The van der Waals surface area contributed by atoms with E-state index in [9.17, 15) is 19.2 Å². The highest BCUT2D eigenvalue weighted by Gasteiger charge is 2.41. The second-order valence-electron chi connectivity index (χ2n) is 6.90. The molecule has 7 heteroatoms. The number of hydrogen-bond acceptors (Lipinski definition) is 5. The quantitative estimate of drug-likeness (QED) is 0.410. The van der Waals surface area contributed by atoms with E-state index in [0.29, 0.717) is 11.3 Å². The molecule has 0 aliphatic carbocycles. The van der Waals surface area contributed by atoms with Gasteiger partial charge in [0.05, 0.1) is 11.1 Å². The number of rotatable bonds is 5. The lowest BCUT2D eigenvalue weighted by Crippen LogP contribution is -2.44. The van der Waals surface area contributed by atoms with Crippen molar-refractivity contribution in [1.29, 1.82) is 0 Å². The second-order valence-corrected chi connectivity index (χ2v) is 6.90. The number of ether oxygens (including phenoxy) is 1. The Morgan fingerprint density at radius 2 is 1.59 bits per heavy atom. The summed E-state index contributed by atoms with van der Waals surface area (Å²) in [4.78, 5) is 54.1. The zero-order chi connectivity index (χ0) is 20.7. The number of Topliss-reactive ketones (excluding diaryl/α,β-unsaturated/α-hetero) is 1. The third kappa shape index (κ3) is 3.00. The normalized spacial score (nSPS) is 14.2. The Morgan fingerprint density at radius 1 is 1.00 bits per heavy atom. The first-order valence-electron chi connectivity index (χ1n) is 9.14. The highest BCUT2D eigenvalue weighted by Crippen LogP contribution is 2.25. The van der Waals surface area contributed by atoms with Gasteiger partial charge in [0.15, 0.2) is 6.61 Å². The van der Waals surface area contributed by atoms with E-state index in [1.165, 1.54) is 19.1 Å². The molecule has 146 valence electrons. The monoisotopic (exact) mass is 390 g/mol. The number of aromatic amines is 1. The third-order valence-electron chi connectivity index (χ3n) is 5.07. The number of nitrogens with one attached hydrogen (secondary N) is 1. The molecule has 1 N–H and O–H groups in total. The van der Waals surface area contributed by atoms with Crippen LogP contribution in [0.15, 0.2) is 48.5 Å². The second kappa shape index (κ2) is 7.01. The lowest BCUT2D eigenvalue weighted by Gasteiger charge is -2.20. The number of amides is 2. The number of para-hydroxylation sites is 1. The molecule has 0 bridgehead atoms. The van der Waals surface area contributed by atoms with Crippen LogP contribution in [0.4, 0.5) is 0 Å². The molecule has 0 saturated heterocycles. The van der Waals surface area contributed by atoms with Crippen LogP contribution in [0.25, 0.3) is 10.9 Å². The van der Waals surface area contributed by atoms with Crippen LogP contribution in [0.1, 0.15) is 43.7 Å². The van der Waals surface area contributed by atoms with E-state index < -0.39 is 30.4 Å². The van der Waals surface area contributed by atoms with Gasteiger partial charge in [0.2, 0.25) is 5.78 Å². The van der Waals surface area contributed by atoms with E-state index in [1.54, 1.807) is 19.1 Å². The van der Waals surface area contributed by atoms with Gasteiger partial charge in [-0.2, -0.15) is 0 Å². The van der Waals surface area contributed by atoms with Gasteiger partial charge in [-0.3, -0.25) is 19.3 Å². The molecule has 1 aliphatic rings. The number of carbonyl (C=O) groups excluding carboxylic acids is 4. The number of H-pyrrole nitrogens is 1. The van der Waals surface area contributed by atoms with Crippen LogP contribution < -0.4 is 0 Å². The minimum absolute atomic E-state index is 0.252. The average molecular weight is 390 g/mol. The van der Waals surface area contributed by atoms with Crippen LogP contribution in [-0.2, 0) is 9.53 Å². The zero-order valence-electron chi connectivity index (χ0n) is 15.9. The number of nitrogens with zero attached hydrogens (tertiary/aromatic N) is 1. The fourth-order valence-electron chi connectivity index (χ4n) is 3.63. The standard InChI is InChI=1S/C22H18N2O5/c1-12-19(16-9-5-6-10-17(16)23-12)18(25)11-29-22(28)13(2)24-20(26)14-7-3-4-8-15(14)21(24)27/h3-10,13,23H,11H2,1-2H3/t13-/m0/s1. The largest absolute Gasteiger partial charge is 0.456 e. The van der Waals surface area contributed by atoms with E-state index in [1.807, 2.05) is 24.3 Å². The van der Waals surface area contributed by atoms with Gasteiger partial charge in [0.1, 0.15) is 6.04 Å². The van der Waals surface area contributed by atoms with Crippen LogP contribution in [0.5, 0.6) is 0 Å². The molecule has 1 atom stereocenters. The number of carbonyl (C=O) groups is 4. The predicted octanol–water partition coefficient (Wildman–Crippen LogP) is 2.89. The first-order valence-corrected chi connectivity index (χ1v) is 9.14. The Hall–Kier alpha value is -3.74. The Kier molecular flexibility index (Phi) is 4.50. The maximum absolute atomic E-state index is 12.7. The minimum atomic E-state index is -1.14. The number of esters is 1. The molecule has 4 rings (SSSR count). The molecule has 2 aromatic carbocycles. The van der Waals surface area contributed by atoms with Gasteiger partial charge in [0, 0.05) is 22.2 Å². The Balaban J connectivity index is 1.47. The van der Waals surface area contributed by atoms with E-state index in [2.05, 4.69) is 4.98 Å². The molecular formula is C22H18N2O5. The fourth-order valence-corrected chi connectivity index (χ4v) is 3.63. The maximum atomic E-state index is 12.7. The lowest BCUT2D eigenvalue weighted by atomic mass is 10.1. The van der Waals surface area contributed by atoms with Crippen molar-refractivity contribution in [2.24, 2.45) is 0 Å². The predicted molar refractivity (Wildman–Crippen MR) is 105 cm³/mol. The van der Waals surface area contributed by atoms with E-state index in [4.69, 9.17) is 4.74 Å². The number of ketones is 1. The summed E-state index contributed by atoms with van der Waals surface area (Å²) in [6.45, 7) is 2.71. The Labute approximate surface area is 166 Å².